The van der Waals surface area contributed by atoms with Gasteiger partial charge in [-0.05, 0) is 43.0 Å². The third-order valence-corrected chi connectivity index (χ3v) is 5.31. The standard InChI is InChI=1S/C21H23ClN4O/c22-17-8-9-18-19(13-17)25-21(24-18)26-12-4-7-16(14-26)20(27)23-11-10-15-5-2-1-3-6-15/h1-3,5-6,8-9,13,16H,4,7,10-12,14H2,(H,23,27)(H,24,25)/t16-/m1/s1. The van der Waals surface area contributed by atoms with Crippen molar-refractivity contribution in [3.8, 4) is 0 Å². The Labute approximate surface area is 163 Å². The van der Waals surface area contributed by atoms with Crippen molar-refractivity contribution in [1.29, 1.82) is 0 Å². The van der Waals surface area contributed by atoms with Crippen LogP contribution in [0.25, 0.3) is 11.0 Å². The molecule has 6 heteroatoms. The van der Waals surface area contributed by atoms with Crippen LogP contribution in [0.3, 0.4) is 0 Å². The number of halogens is 1. The average Bonchev–Trinajstić information content (AvgIpc) is 3.12. The van der Waals surface area contributed by atoms with E-state index in [1.165, 1.54) is 5.56 Å². The molecule has 4 rings (SSSR count). The summed E-state index contributed by atoms with van der Waals surface area (Å²) >= 11 is 6.06. The number of nitrogens with zero attached hydrogens (tertiary/aromatic N) is 2. The maximum Gasteiger partial charge on any atom is 0.224 e. The van der Waals surface area contributed by atoms with Crippen molar-refractivity contribution in [3.05, 3.63) is 59.1 Å². The smallest absolute Gasteiger partial charge is 0.224 e. The van der Waals surface area contributed by atoms with Crippen molar-refractivity contribution in [2.75, 3.05) is 24.5 Å². The fourth-order valence-electron chi connectivity index (χ4n) is 3.62. The first kappa shape index (κ1) is 17.9. The van der Waals surface area contributed by atoms with E-state index in [0.29, 0.717) is 18.1 Å². The number of carbonyl (C=O) groups excluding carboxylic acids is 1. The monoisotopic (exact) mass is 382 g/mol. The normalized spacial score (nSPS) is 17.2. The van der Waals surface area contributed by atoms with Gasteiger partial charge in [0.25, 0.3) is 0 Å². The molecule has 0 radical (unpaired) electrons. The number of rotatable bonds is 5. The molecular weight excluding hydrogens is 360 g/mol. The van der Waals surface area contributed by atoms with Crippen LogP contribution >= 0.6 is 11.6 Å². The Morgan fingerprint density at radius 3 is 2.96 bits per heavy atom. The molecule has 0 spiro atoms. The second kappa shape index (κ2) is 8.01. The molecule has 2 N–H and O–H groups in total. The van der Waals surface area contributed by atoms with Crippen LogP contribution in [0, 0.1) is 5.92 Å². The summed E-state index contributed by atoms with van der Waals surface area (Å²) in [6.45, 7) is 2.26. The Morgan fingerprint density at radius 1 is 1.26 bits per heavy atom. The SMILES string of the molecule is O=C(NCCc1ccccc1)[C@@H]1CCCN(c2nc3ccc(Cl)cc3[nH]2)C1. The lowest BCUT2D eigenvalue weighted by atomic mass is 9.97. The Hall–Kier alpha value is -2.53. The van der Waals surface area contributed by atoms with Gasteiger partial charge in [0, 0.05) is 24.7 Å². The van der Waals surface area contributed by atoms with Gasteiger partial charge in [-0.2, -0.15) is 0 Å². The molecule has 0 aliphatic carbocycles. The third kappa shape index (κ3) is 4.25. The summed E-state index contributed by atoms with van der Waals surface area (Å²) in [5.74, 6) is 0.940. The van der Waals surface area contributed by atoms with Gasteiger partial charge in [-0.3, -0.25) is 4.79 Å². The number of anilines is 1. The number of imidazole rings is 1. The predicted molar refractivity (Wildman–Crippen MR) is 109 cm³/mol. The number of amides is 1. The van der Waals surface area contributed by atoms with Gasteiger partial charge < -0.3 is 15.2 Å². The summed E-state index contributed by atoms with van der Waals surface area (Å²) < 4.78 is 0. The zero-order valence-electron chi connectivity index (χ0n) is 15.1. The first-order chi connectivity index (χ1) is 13.2. The van der Waals surface area contributed by atoms with Gasteiger partial charge in [-0.25, -0.2) is 4.98 Å². The van der Waals surface area contributed by atoms with E-state index in [9.17, 15) is 4.79 Å². The van der Waals surface area contributed by atoms with Crippen LogP contribution in [-0.4, -0.2) is 35.5 Å². The molecule has 1 aliphatic heterocycles. The zero-order valence-corrected chi connectivity index (χ0v) is 15.9. The first-order valence-electron chi connectivity index (χ1n) is 9.41. The van der Waals surface area contributed by atoms with Crippen molar-refractivity contribution in [1.82, 2.24) is 15.3 Å². The Kier molecular flexibility index (Phi) is 5.30. The number of hydrogen-bond acceptors (Lipinski definition) is 3. The minimum absolute atomic E-state index is 0.00803. The van der Waals surface area contributed by atoms with Crippen molar-refractivity contribution >= 4 is 34.5 Å². The van der Waals surface area contributed by atoms with Crippen LogP contribution < -0.4 is 10.2 Å². The van der Waals surface area contributed by atoms with Gasteiger partial charge in [0.1, 0.15) is 0 Å². The summed E-state index contributed by atoms with van der Waals surface area (Å²) in [5, 5.41) is 3.78. The summed E-state index contributed by atoms with van der Waals surface area (Å²) in [5.41, 5.74) is 3.06. The minimum atomic E-state index is -0.00803. The van der Waals surface area contributed by atoms with E-state index < -0.39 is 0 Å². The lowest BCUT2D eigenvalue weighted by molar-refractivity contribution is -0.125. The predicted octanol–water partition coefficient (Wildman–Crippen LogP) is 3.79. The van der Waals surface area contributed by atoms with Gasteiger partial charge >= 0.3 is 0 Å². The highest BCUT2D eigenvalue weighted by molar-refractivity contribution is 6.31. The molecule has 0 unspecified atom stereocenters. The highest BCUT2D eigenvalue weighted by Crippen LogP contribution is 2.25. The van der Waals surface area contributed by atoms with E-state index >= 15 is 0 Å². The van der Waals surface area contributed by atoms with Crippen LogP contribution in [-0.2, 0) is 11.2 Å². The van der Waals surface area contributed by atoms with Gasteiger partial charge in [-0.1, -0.05) is 41.9 Å². The van der Waals surface area contributed by atoms with E-state index in [1.807, 2.05) is 36.4 Å². The summed E-state index contributed by atoms with van der Waals surface area (Å²) in [6, 6.07) is 15.9. The molecule has 1 amide bonds. The number of hydrogen-bond donors (Lipinski definition) is 2. The molecule has 5 nitrogen and oxygen atoms in total. The number of fused-ring (bicyclic) bond motifs is 1. The molecule has 1 aliphatic rings. The van der Waals surface area contributed by atoms with E-state index in [4.69, 9.17) is 11.6 Å². The first-order valence-corrected chi connectivity index (χ1v) is 9.79. The number of aromatic amines is 1. The molecule has 0 bridgehead atoms. The number of H-pyrrole nitrogens is 1. The Morgan fingerprint density at radius 2 is 2.11 bits per heavy atom. The number of benzene rings is 2. The molecule has 1 aromatic heterocycles. The average molecular weight is 383 g/mol. The van der Waals surface area contributed by atoms with Crippen molar-refractivity contribution < 1.29 is 4.79 Å². The van der Waals surface area contributed by atoms with Gasteiger partial charge in [0.05, 0.1) is 17.0 Å². The molecular formula is C21H23ClN4O. The van der Waals surface area contributed by atoms with Crippen LogP contribution in [0.2, 0.25) is 5.02 Å². The summed E-state index contributed by atoms with van der Waals surface area (Å²) in [7, 11) is 0. The topological polar surface area (TPSA) is 61.0 Å². The fraction of sp³-hybridized carbons (Fsp3) is 0.333. The van der Waals surface area contributed by atoms with Crippen LogP contribution in [0.15, 0.2) is 48.5 Å². The molecule has 1 fully saturated rings. The van der Waals surface area contributed by atoms with Crippen LogP contribution in [0.4, 0.5) is 5.95 Å². The van der Waals surface area contributed by atoms with Crippen molar-refractivity contribution in [2.45, 2.75) is 19.3 Å². The Bertz CT molecular complexity index is 924. The molecule has 27 heavy (non-hydrogen) atoms. The zero-order chi connectivity index (χ0) is 18.6. The van der Waals surface area contributed by atoms with Crippen LogP contribution in [0.1, 0.15) is 18.4 Å². The molecule has 0 saturated carbocycles. The highest BCUT2D eigenvalue weighted by Gasteiger charge is 2.27. The number of aromatic nitrogens is 2. The molecule has 2 heterocycles. The molecule has 1 saturated heterocycles. The largest absolute Gasteiger partial charge is 0.355 e. The summed E-state index contributed by atoms with van der Waals surface area (Å²) in [4.78, 5) is 22.7. The molecule has 2 aromatic carbocycles. The lowest BCUT2D eigenvalue weighted by Gasteiger charge is -2.31. The van der Waals surface area contributed by atoms with Crippen molar-refractivity contribution in [3.63, 3.8) is 0 Å². The number of piperidine rings is 1. The fourth-order valence-corrected chi connectivity index (χ4v) is 3.79. The van der Waals surface area contributed by atoms with E-state index in [-0.39, 0.29) is 11.8 Å². The highest BCUT2D eigenvalue weighted by atomic mass is 35.5. The van der Waals surface area contributed by atoms with E-state index in [2.05, 4.69) is 32.3 Å². The second-order valence-corrected chi connectivity index (χ2v) is 7.47. The maximum absolute atomic E-state index is 12.6. The summed E-state index contributed by atoms with van der Waals surface area (Å²) in [6.07, 6.45) is 2.75. The number of nitrogens with one attached hydrogen (secondary N) is 2. The quantitative estimate of drug-likeness (QED) is 0.705. The second-order valence-electron chi connectivity index (χ2n) is 7.03. The minimum Gasteiger partial charge on any atom is -0.355 e. The van der Waals surface area contributed by atoms with Gasteiger partial charge in [0.2, 0.25) is 11.9 Å². The van der Waals surface area contributed by atoms with Gasteiger partial charge in [-0.15, -0.1) is 0 Å². The third-order valence-electron chi connectivity index (χ3n) is 5.08. The Balaban J connectivity index is 1.36. The van der Waals surface area contributed by atoms with E-state index in [1.54, 1.807) is 0 Å². The molecule has 140 valence electrons. The lowest BCUT2D eigenvalue weighted by Crippen LogP contribution is -2.43. The van der Waals surface area contributed by atoms with E-state index in [0.717, 1.165) is 42.8 Å². The maximum atomic E-state index is 12.6. The van der Waals surface area contributed by atoms with Gasteiger partial charge in [0.15, 0.2) is 0 Å². The van der Waals surface area contributed by atoms with Crippen molar-refractivity contribution in [2.24, 2.45) is 5.92 Å². The molecule has 3 aromatic rings. The van der Waals surface area contributed by atoms with Crippen LogP contribution in [0.5, 0.6) is 0 Å². The number of carbonyl (C=O) groups is 1. The molecule has 1 atom stereocenters.